The molecule has 110 valence electrons. The molecule has 0 saturated heterocycles. The summed E-state index contributed by atoms with van der Waals surface area (Å²) in [5.41, 5.74) is 10.1. The molecule has 0 saturated carbocycles. The number of nitrogen functional groups attached to an aromatic ring is 1. The van der Waals surface area contributed by atoms with E-state index in [0.717, 1.165) is 28.2 Å². The fourth-order valence-electron chi connectivity index (χ4n) is 3.01. The Morgan fingerprint density at radius 1 is 1.52 bits per heavy atom. The third kappa shape index (κ3) is 2.31. The molecule has 1 aliphatic rings. The number of rotatable bonds is 2. The van der Waals surface area contributed by atoms with E-state index in [4.69, 9.17) is 5.73 Å². The van der Waals surface area contributed by atoms with Gasteiger partial charge in [-0.3, -0.25) is 4.79 Å². The van der Waals surface area contributed by atoms with Crippen molar-refractivity contribution in [2.45, 2.75) is 39.7 Å². The Kier molecular flexibility index (Phi) is 3.45. The lowest BCUT2D eigenvalue weighted by molar-refractivity contribution is -0.118. The van der Waals surface area contributed by atoms with Crippen molar-refractivity contribution in [2.75, 3.05) is 10.6 Å². The van der Waals surface area contributed by atoms with E-state index in [1.54, 1.807) is 0 Å². The van der Waals surface area contributed by atoms with Crippen molar-refractivity contribution in [3.63, 3.8) is 0 Å². The molecule has 2 aromatic rings. The second kappa shape index (κ2) is 5.15. The third-order valence-electron chi connectivity index (χ3n) is 3.95. The van der Waals surface area contributed by atoms with Crippen LogP contribution in [0.3, 0.4) is 0 Å². The Labute approximate surface area is 128 Å². The van der Waals surface area contributed by atoms with Crippen molar-refractivity contribution < 1.29 is 4.79 Å². The van der Waals surface area contributed by atoms with Crippen molar-refractivity contribution in [1.29, 1.82) is 0 Å². The van der Waals surface area contributed by atoms with Crippen LogP contribution >= 0.6 is 11.3 Å². The van der Waals surface area contributed by atoms with E-state index in [-0.39, 0.29) is 11.9 Å². The molecule has 0 radical (unpaired) electrons. The second-order valence-corrected chi connectivity index (χ2v) is 6.71. The minimum Gasteiger partial charge on any atom is -0.375 e. The third-order valence-corrected chi connectivity index (χ3v) is 4.75. The van der Waals surface area contributed by atoms with Gasteiger partial charge >= 0.3 is 0 Å². The van der Waals surface area contributed by atoms with Gasteiger partial charge in [0.1, 0.15) is 0 Å². The number of aromatic nitrogens is 1. The average Bonchev–Trinajstić information content (AvgIpc) is 2.95. The summed E-state index contributed by atoms with van der Waals surface area (Å²) >= 11 is 1.51. The standard InChI is InChI=1S/C16H19N3OS/c1-4-14(20)19-9(2)7-12-8-11(5-6-13(12)19)15-10(3)21-16(17)18-15/h5-6,8-9H,4,7H2,1-3H3,(H2,17,18). The molecule has 2 N–H and O–H groups in total. The van der Waals surface area contributed by atoms with E-state index < -0.39 is 0 Å². The molecular weight excluding hydrogens is 282 g/mol. The van der Waals surface area contributed by atoms with Crippen LogP contribution in [0.1, 0.15) is 30.7 Å². The number of carbonyl (C=O) groups is 1. The van der Waals surface area contributed by atoms with Gasteiger partial charge in [-0.05, 0) is 38.0 Å². The molecule has 0 bridgehead atoms. The molecule has 1 aromatic carbocycles. The molecular formula is C16H19N3OS. The van der Waals surface area contributed by atoms with Gasteiger partial charge in [0.15, 0.2) is 5.13 Å². The highest BCUT2D eigenvalue weighted by molar-refractivity contribution is 7.15. The molecule has 21 heavy (non-hydrogen) atoms. The zero-order valence-corrected chi connectivity index (χ0v) is 13.3. The predicted octanol–water partition coefficient (Wildman–Crippen LogP) is 3.39. The van der Waals surface area contributed by atoms with E-state index >= 15 is 0 Å². The molecule has 3 rings (SSSR count). The van der Waals surface area contributed by atoms with Crippen LogP contribution in [0.25, 0.3) is 11.3 Å². The Balaban J connectivity index is 2.03. The molecule has 1 unspecified atom stereocenters. The maximum Gasteiger partial charge on any atom is 0.226 e. The highest BCUT2D eigenvalue weighted by atomic mass is 32.1. The zero-order valence-electron chi connectivity index (χ0n) is 12.5. The largest absolute Gasteiger partial charge is 0.375 e. The van der Waals surface area contributed by atoms with E-state index in [1.807, 2.05) is 30.9 Å². The number of aryl methyl sites for hydroxylation is 1. The predicted molar refractivity (Wildman–Crippen MR) is 87.6 cm³/mol. The Morgan fingerprint density at radius 2 is 2.29 bits per heavy atom. The summed E-state index contributed by atoms with van der Waals surface area (Å²) in [5.74, 6) is 0.183. The molecule has 1 aromatic heterocycles. The number of fused-ring (bicyclic) bond motifs is 1. The van der Waals surface area contributed by atoms with Crippen LogP contribution in [-0.2, 0) is 11.2 Å². The van der Waals surface area contributed by atoms with Crippen molar-refractivity contribution >= 4 is 28.1 Å². The van der Waals surface area contributed by atoms with Gasteiger partial charge in [-0.15, -0.1) is 11.3 Å². The summed E-state index contributed by atoms with van der Waals surface area (Å²) in [6.45, 7) is 6.04. The number of nitrogens with two attached hydrogens (primary N) is 1. The lowest BCUT2D eigenvalue weighted by Gasteiger charge is -2.22. The van der Waals surface area contributed by atoms with Gasteiger partial charge in [0.05, 0.1) is 5.69 Å². The van der Waals surface area contributed by atoms with Crippen molar-refractivity contribution in [2.24, 2.45) is 0 Å². The minimum absolute atomic E-state index is 0.183. The van der Waals surface area contributed by atoms with Gasteiger partial charge in [-0.2, -0.15) is 0 Å². The van der Waals surface area contributed by atoms with Gasteiger partial charge in [0, 0.05) is 28.6 Å². The minimum atomic E-state index is 0.183. The average molecular weight is 301 g/mol. The number of nitrogens with zero attached hydrogens (tertiary/aromatic N) is 2. The first-order chi connectivity index (χ1) is 10.0. The molecule has 0 fully saturated rings. The van der Waals surface area contributed by atoms with Crippen LogP contribution in [0.2, 0.25) is 0 Å². The van der Waals surface area contributed by atoms with Gasteiger partial charge < -0.3 is 10.6 Å². The number of amides is 1. The molecule has 1 atom stereocenters. The summed E-state index contributed by atoms with van der Waals surface area (Å²) in [5, 5.41) is 0.596. The first-order valence-corrected chi connectivity index (χ1v) is 8.01. The van der Waals surface area contributed by atoms with Crippen LogP contribution in [0.4, 0.5) is 10.8 Å². The van der Waals surface area contributed by atoms with E-state index in [9.17, 15) is 4.79 Å². The fraction of sp³-hybridized carbons (Fsp3) is 0.375. The molecule has 4 nitrogen and oxygen atoms in total. The summed E-state index contributed by atoms with van der Waals surface area (Å²) < 4.78 is 0. The maximum absolute atomic E-state index is 12.1. The quantitative estimate of drug-likeness (QED) is 0.925. The lowest BCUT2D eigenvalue weighted by Crippen LogP contribution is -2.35. The zero-order chi connectivity index (χ0) is 15.1. The number of hydrogen-bond acceptors (Lipinski definition) is 4. The number of carbonyl (C=O) groups excluding carboxylic acids is 1. The number of anilines is 2. The van der Waals surface area contributed by atoms with Gasteiger partial charge in [0.2, 0.25) is 5.91 Å². The van der Waals surface area contributed by atoms with E-state index in [0.29, 0.717) is 11.6 Å². The summed E-state index contributed by atoms with van der Waals surface area (Å²) in [6, 6.07) is 6.45. The monoisotopic (exact) mass is 301 g/mol. The first kappa shape index (κ1) is 14.1. The van der Waals surface area contributed by atoms with Gasteiger partial charge in [-0.25, -0.2) is 4.98 Å². The SMILES string of the molecule is CCC(=O)N1c2ccc(-c3nc(N)sc3C)cc2CC1C. The second-order valence-electron chi connectivity index (χ2n) is 5.47. The molecule has 5 heteroatoms. The fourth-order valence-corrected chi connectivity index (χ4v) is 3.72. The van der Waals surface area contributed by atoms with Crippen LogP contribution in [0.15, 0.2) is 18.2 Å². The molecule has 0 spiro atoms. The molecule has 0 aliphatic carbocycles. The molecule has 2 heterocycles. The maximum atomic E-state index is 12.1. The summed E-state index contributed by atoms with van der Waals surface area (Å²) in [4.78, 5) is 19.6. The van der Waals surface area contributed by atoms with Crippen LogP contribution < -0.4 is 10.6 Å². The first-order valence-electron chi connectivity index (χ1n) is 7.19. The Hall–Kier alpha value is -1.88. The van der Waals surface area contributed by atoms with Crippen molar-refractivity contribution in [3.8, 4) is 11.3 Å². The van der Waals surface area contributed by atoms with Crippen LogP contribution in [0, 0.1) is 6.92 Å². The van der Waals surface area contributed by atoms with E-state index in [1.165, 1.54) is 16.9 Å². The van der Waals surface area contributed by atoms with Crippen molar-refractivity contribution in [3.05, 3.63) is 28.6 Å². The molecule has 1 aliphatic heterocycles. The summed E-state index contributed by atoms with van der Waals surface area (Å²) in [7, 11) is 0. The number of thiazole rings is 1. The number of hydrogen-bond donors (Lipinski definition) is 1. The Morgan fingerprint density at radius 3 is 2.90 bits per heavy atom. The van der Waals surface area contributed by atoms with E-state index in [2.05, 4.69) is 18.0 Å². The number of benzene rings is 1. The normalized spacial score (nSPS) is 17.1. The Bertz CT molecular complexity index is 708. The van der Waals surface area contributed by atoms with Crippen LogP contribution in [-0.4, -0.2) is 16.9 Å². The van der Waals surface area contributed by atoms with Crippen LogP contribution in [0.5, 0.6) is 0 Å². The van der Waals surface area contributed by atoms with Gasteiger partial charge in [-0.1, -0.05) is 13.0 Å². The topological polar surface area (TPSA) is 59.2 Å². The molecule has 1 amide bonds. The van der Waals surface area contributed by atoms with Crippen molar-refractivity contribution in [1.82, 2.24) is 4.98 Å². The summed E-state index contributed by atoms with van der Waals surface area (Å²) in [6.07, 6.45) is 1.43. The smallest absolute Gasteiger partial charge is 0.226 e. The van der Waals surface area contributed by atoms with Gasteiger partial charge in [0.25, 0.3) is 0 Å². The highest BCUT2D eigenvalue weighted by Crippen LogP contribution is 2.37. The lowest BCUT2D eigenvalue weighted by atomic mass is 10.0. The highest BCUT2D eigenvalue weighted by Gasteiger charge is 2.30.